The molecule has 0 aromatic heterocycles. The number of anilines is 1. The van der Waals surface area contributed by atoms with Gasteiger partial charge in [-0.1, -0.05) is 42.8 Å². The van der Waals surface area contributed by atoms with Gasteiger partial charge in [0.25, 0.3) is 0 Å². The lowest BCUT2D eigenvalue weighted by Gasteiger charge is -2.08. The molecule has 0 bridgehead atoms. The Morgan fingerprint density at radius 1 is 1.00 bits per heavy atom. The summed E-state index contributed by atoms with van der Waals surface area (Å²) in [5.74, 6) is -0.00599. The van der Waals surface area contributed by atoms with Crippen molar-refractivity contribution in [1.82, 2.24) is 5.32 Å². The highest BCUT2D eigenvalue weighted by atomic mass is 35.5. The Labute approximate surface area is 136 Å². The van der Waals surface area contributed by atoms with Crippen LogP contribution in [0.3, 0.4) is 0 Å². The lowest BCUT2D eigenvalue weighted by molar-refractivity contribution is -0.119. The summed E-state index contributed by atoms with van der Waals surface area (Å²) in [4.78, 5) is 11.8. The molecule has 2 rings (SSSR count). The van der Waals surface area contributed by atoms with E-state index < -0.39 is 0 Å². The third-order valence-electron chi connectivity index (χ3n) is 3.46. The first-order chi connectivity index (χ1) is 10.7. The molecule has 0 aliphatic rings. The molecular weight excluding hydrogens is 296 g/mol. The molecule has 0 saturated carbocycles. The molecule has 2 aromatic carbocycles. The van der Waals surface area contributed by atoms with E-state index in [0.717, 1.165) is 29.1 Å². The van der Waals surface area contributed by atoms with Crippen molar-refractivity contribution in [2.75, 3.05) is 18.4 Å². The number of halogens is 1. The summed E-state index contributed by atoms with van der Waals surface area (Å²) in [6, 6.07) is 15.8. The first-order valence-electron chi connectivity index (χ1n) is 7.51. The smallest absolute Gasteiger partial charge is 0.239 e. The normalized spacial score (nSPS) is 10.3. The van der Waals surface area contributed by atoms with Gasteiger partial charge in [-0.15, -0.1) is 0 Å². The van der Waals surface area contributed by atoms with Gasteiger partial charge in [-0.25, -0.2) is 0 Å². The second kappa shape index (κ2) is 8.44. The van der Waals surface area contributed by atoms with Crippen LogP contribution in [0.15, 0.2) is 48.5 Å². The molecule has 3 nitrogen and oxygen atoms in total. The highest BCUT2D eigenvalue weighted by Gasteiger charge is 2.01. The monoisotopic (exact) mass is 316 g/mol. The molecule has 0 spiro atoms. The van der Waals surface area contributed by atoms with E-state index in [2.05, 4.69) is 29.7 Å². The number of carbonyl (C=O) groups excluding carboxylic acids is 1. The van der Waals surface area contributed by atoms with Crippen LogP contribution in [0.5, 0.6) is 0 Å². The summed E-state index contributed by atoms with van der Waals surface area (Å²) in [6.45, 7) is 3.03. The minimum atomic E-state index is -0.00599. The maximum Gasteiger partial charge on any atom is 0.239 e. The molecule has 2 N–H and O–H groups in total. The van der Waals surface area contributed by atoms with Gasteiger partial charge in [0.2, 0.25) is 5.91 Å². The Balaban J connectivity index is 1.68. The van der Waals surface area contributed by atoms with E-state index in [9.17, 15) is 4.79 Å². The topological polar surface area (TPSA) is 41.1 Å². The molecule has 22 heavy (non-hydrogen) atoms. The summed E-state index contributed by atoms with van der Waals surface area (Å²) >= 11 is 5.84. The molecule has 0 aliphatic carbocycles. The summed E-state index contributed by atoms with van der Waals surface area (Å²) in [7, 11) is 0. The molecule has 4 heteroatoms. The van der Waals surface area contributed by atoms with Gasteiger partial charge in [0.05, 0.1) is 6.54 Å². The van der Waals surface area contributed by atoms with Gasteiger partial charge in [0.15, 0.2) is 0 Å². The summed E-state index contributed by atoms with van der Waals surface area (Å²) in [5.41, 5.74) is 3.41. The molecule has 1 amide bonds. The molecule has 0 unspecified atom stereocenters. The molecule has 0 aliphatic heterocycles. The number of amides is 1. The minimum absolute atomic E-state index is 0.00599. The van der Waals surface area contributed by atoms with Crippen LogP contribution in [-0.4, -0.2) is 19.0 Å². The minimum Gasteiger partial charge on any atom is -0.376 e. The average Bonchev–Trinajstić information content (AvgIpc) is 2.55. The number of rotatable bonds is 7. The molecule has 2 aromatic rings. The number of aryl methyl sites for hydroxylation is 1. The zero-order valence-corrected chi connectivity index (χ0v) is 13.5. The Kier molecular flexibility index (Phi) is 6.28. The van der Waals surface area contributed by atoms with Gasteiger partial charge in [-0.3, -0.25) is 4.79 Å². The van der Waals surface area contributed by atoms with Gasteiger partial charge in [0.1, 0.15) is 0 Å². The van der Waals surface area contributed by atoms with E-state index in [4.69, 9.17) is 11.6 Å². The predicted molar refractivity (Wildman–Crippen MR) is 92.5 cm³/mol. The van der Waals surface area contributed by atoms with Crippen LogP contribution in [0.25, 0.3) is 0 Å². The first-order valence-corrected chi connectivity index (χ1v) is 7.89. The van der Waals surface area contributed by atoms with E-state index in [1.54, 1.807) is 0 Å². The van der Waals surface area contributed by atoms with Crippen molar-refractivity contribution in [3.8, 4) is 0 Å². The number of hydrogen-bond donors (Lipinski definition) is 2. The van der Waals surface area contributed by atoms with Crippen molar-refractivity contribution in [3.63, 3.8) is 0 Å². The summed E-state index contributed by atoms with van der Waals surface area (Å²) < 4.78 is 0. The van der Waals surface area contributed by atoms with Crippen LogP contribution in [0, 0.1) is 0 Å². The third-order valence-corrected chi connectivity index (χ3v) is 3.72. The maximum absolute atomic E-state index is 11.8. The fraction of sp³-hybridized carbons (Fsp3) is 0.278. The Morgan fingerprint density at radius 3 is 2.27 bits per heavy atom. The second-order valence-corrected chi connectivity index (χ2v) is 5.57. The lowest BCUT2D eigenvalue weighted by Crippen LogP contribution is -2.31. The molecule has 0 saturated heterocycles. The zero-order valence-electron chi connectivity index (χ0n) is 12.7. The molecule has 0 fully saturated rings. The molecule has 0 atom stereocenters. The van der Waals surface area contributed by atoms with Crippen molar-refractivity contribution in [2.45, 2.75) is 19.8 Å². The Hall–Kier alpha value is -2.00. The van der Waals surface area contributed by atoms with Crippen molar-refractivity contribution >= 4 is 23.2 Å². The quantitative estimate of drug-likeness (QED) is 0.818. The van der Waals surface area contributed by atoms with Crippen LogP contribution in [0.1, 0.15) is 18.1 Å². The molecular formula is C18H21ClN2O. The standard InChI is InChI=1S/C18H21ClN2O/c1-2-14-5-9-17(10-6-14)21-13-18(22)20-12-11-15-3-7-16(19)8-4-15/h3-10,21H,2,11-13H2,1H3,(H,20,22). The zero-order chi connectivity index (χ0) is 15.8. The largest absolute Gasteiger partial charge is 0.376 e. The van der Waals surface area contributed by atoms with E-state index in [1.165, 1.54) is 5.56 Å². The number of carbonyl (C=O) groups is 1. The van der Waals surface area contributed by atoms with Crippen molar-refractivity contribution < 1.29 is 4.79 Å². The van der Waals surface area contributed by atoms with Gasteiger partial charge < -0.3 is 10.6 Å². The highest BCUT2D eigenvalue weighted by Crippen LogP contribution is 2.10. The predicted octanol–water partition coefficient (Wildman–Crippen LogP) is 3.67. The van der Waals surface area contributed by atoms with E-state index in [1.807, 2.05) is 36.4 Å². The first kappa shape index (κ1) is 16.4. The summed E-state index contributed by atoms with van der Waals surface area (Å²) in [5, 5.41) is 6.75. The van der Waals surface area contributed by atoms with Gasteiger partial charge in [0, 0.05) is 17.3 Å². The number of nitrogens with one attached hydrogen (secondary N) is 2. The van der Waals surface area contributed by atoms with Crippen LogP contribution in [0.2, 0.25) is 5.02 Å². The van der Waals surface area contributed by atoms with Crippen LogP contribution >= 0.6 is 11.6 Å². The van der Waals surface area contributed by atoms with Crippen LogP contribution in [0.4, 0.5) is 5.69 Å². The average molecular weight is 317 g/mol. The summed E-state index contributed by atoms with van der Waals surface area (Å²) in [6.07, 6.45) is 1.82. The molecule has 116 valence electrons. The Morgan fingerprint density at radius 2 is 1.64 bits per heavy atom. The van der Waals surface area contributed by atoms with Crippen LogP contribution < -0.4 is 10.6 Å². The number of hydrogen-bond acceptors (Lipinski definition) is 2. The highest BCUT2D eigenvalue weighted by molar-refractivity contribution is 6.30. The van der Waals surface area contributed by atoms with Crippen molar-refractivity contribution in [2.24, 2.45) is 0 Å². The van der Waals surface area contributed by atoms with Crippen molar-refractivity contribution in [3.05, 3.63) is 64.7 Å². The SMILES string of the molecule is CCc1ccc(NCC(=O)NCCc2ccc(Cl)cc2)cc1. The van der Waals surface area contributed by atoms with Crippen LogP contribution in [-0.2, 0) is 17.6 Å². The van der Waals surface area contributed by atoms with E-state index in [-0.39, 0.29) is 12.5 Å². The van der Waals surface area contributed by atoms with Gasteiger partial charge in [-0.05, 0) is 48.2 Å². The van der Waals surface area contributed by atoms with E-state index >= 15 is 0 Å². The van der Waals surface area contributed by atoms with E-state index in [0.29, 0.717) is 6.54 Å². The lowest BCUT2D eigenvalue weighted by atomic mass is 10.1. The number of benzene rings is 2. The molecule has 0 heterocycles. The second-order valence-electron chi connectivity index (χ2n) is 5.13. The fourth-order valence-electron chi connectivity index (χ4n) is 2.10. The Bertz CT molecular complexity index is 593. The molecule has 0 radical (unpaired) electrons. The van der Waals surface area contributed by atoms with Gasteiger partial charge in [-0.2, -0.15) is 0 Å². The maximum atomic E-state index is 11.8. The van der Waals surface area contributed by atoms with Gasteiger partial charge >= 0.3 is 0 Å². The fourth-order valence-corrected chi connectivity index (χ4v) is 2.23. The van der Waals surface area contributed by atoms with Crippen molar-refractivity contribution in [1.29, 1.82) is 0 Å². The third kappa shape index (κ3) is 5.41.